The largest absolute Gasteiger partial charge is 0.456 e. The van der Waals surface area contributed by atoms with Crippen molar-refractivity contribution >= 4 is 11.5 Å². The van der Waals surface area contributed by atoms with Crippen molar-refractivity contribution < 1.29 is 9.53 Å². The topological polar surface area (TPSA) is 26.3 Å². The maximum atomic E-state index is 11.3. The van der Waals surface area contributed by atoms with E-state index in [0.29, 0.717) is 6.61 Å². The zero-order valence-corrected chi connectivity index (χ0v) is 11.1. The molecule has 18 heavy (non-hydrogen) atoms. The summed E-state index contributed by atoms with van der Waals surface area (Å²) in [7, 11) is 0. The first-order valence-electron chi connectivity index (χ1n) is 6.13. The first-order valence-corrected chi connectivity index (χ1v) is 6.13. The van der Waals surface area contributed by atoms with Crippen LogP contribution < -0.4 is 0 Å². The summed E-state index contributed by atoms with van der Waals surface area (Å²) in [5, 5.41) is 0. The minimum atomic E-state index is -0.477. The van der Waals surface area contributed by atoms with Gasteiger partial charge in [0.25, 0.3) is 0 Å². The predicted octanol–water partition coefficient (Wildman–Crippen LogP) is 3.44. The monoisotopic (exact) mass is 242 g/mol. The zero-order chi connectivity index (χ0) is 13.4. The molecule has 0 aliphatic rings. The van der Waals surface area contributed by atoms with Crippen molar-refractivity contribution in [3.8, 4) is 11.8 Å². The van der Waals surface area contributed by atoms with Crippen LogP contribution in [0.3, 0.4) is 0 Å². The molecule has 0 spiro atoms. The van der Waals surface area contributed by atoms with Crippen LogP contribution in [0.2, 0.25) is 0 Å². The van der Waals surface area contributed by atoms with Crippen molar-refractivity contribution in [1.82, 2.24) is 0 Å². The molecule has 0 amide bonds. The lowest BCUT2D eigenvalue weighted by Crippen LogP contribution is -2.00. The SMILES string of the molecule is CCOC(=O)C#C/C(=C(\C)CC)c1ccccc1. The van der Waals surface area contributed by atoms with E-state index in [9.17, 15) is 4.79 Å². The summed E-state index contributed by atoms with van der Waals surface area (Å²) in [6, 6.07) is 9.87. The second-order valence-corrected chi connectivity index (χ2v) is 3.85. The highest BCUT2D eigenvalue weighted by Crippen LogP contribution is 2.19. The van der Waals surface area contributed by atoms with Crippen LogP contribution in [-0.4, -0.2) is 12.6 Å². The number of rotatable bonds is 3. The number of hydrogen-bond acceptors (Lipinski definition) is 2. The van der Waals surface area contributed by atoms with Crippen molar-refractivity contribution in [3.63, 3.8) is 0 Å². The highest BCUT2D eigenvalue weighted by atomic mass is 16.5. The van der Waals surface area contributed by atoms with Gasteiger partial charge in [0.15, 0.2) is 0 Å². The van der Waals surface area contributed by atoms with Crippen LogP contribution in [0.1, 0.15) is 32.8 Å². The lowest BCUT2D eigenvalue weighted by Gasteiger charge is -2.04. The second-order valence-electron chi connectivity index (χ2n) is 3.85. The fraction of sp³-hybridized carbons (Fsp3) is 0.312. The van der Waals surface area contributed by atoms with E-state index in [-0.39, 0.29) is 0 Å². The Morgan fingerprint density at radius 3 is 2.39 bits per heavy atom. The number of carbonyl (C=O) groups is 1. The van der Waals surface area contributed by atoms with Crippen LogP contribution in [0.15, 0.2) is 35.9 Å². The average molecular weight is 242 g/mol. The molecule has 0 bridgehead atoms. The Bertz CT molecular complexity index is 487. The van der Waals surface area contributed by atoms with E-state index < -0.39 is 5.97 Å². The zero-order valence-electron chi connectivity index (χ0n) is 11.1. The molecule has 0 heterocycles. The molecule has 0 radical (unpaired) electrons. The molecule has 0 atom stereocenters. The van der Waals surface area contributed by atoms with Gasteiger partial charge in [0, 0.05) is 11.5 Å². The van der Waals surface area contributed by atoms with Crippen LogP contribution in [0.5, 0.6) is 0 Å². The number of allylic oxidation sites excluding steroid dienone is 2. The highest BCUT2D eigenvalue weighted by molar-refractivity contribution is 5.94. The van der Waals surface area contributed by atoms with Gasteiger partial charge in [-0.05, 0) is 25.8 Å². The first-order chi connectivity index (χ1) is 8.69. The minimum Gasteiger partial charge on any atom is -0.456 e. The molecule has 0 unspecified atom stereocenters. The first kappa shape index (κ1) is 14.1. The van der Waals surface area contributed by atoms with Gasteiger partial charge in [-0.3, -0.25) is 0 Å². The number of benzene rings is 1. The lowest BCUT2D eigenvalue weighted by atomic mass is 10.00. The molecule has 1 aromatic carbocycles. The number of carbonyl (C=O) groups excluding carboxylic acids is 1. The molecule has 94 valence electrons. The Hall–Kier alpha value is -2.01. The summed E-state index contributed by atoms with van der Waals surface area (Å²) >= 11 is 0. The molecule has 0 saturated heterocycles. The number of hydrogen-bond donors (Lipinski definition) is 0. The van der Waals surface area contributed by atoms with Crippen molar-refractivity contribution in [3.05, 3.63) is 41.5 Å². The van der Waals surface area contributed by atoms with Gasteiger partial charge < -0.3 is 4.74 Å². The second kappa shape index (κ2) is 7.34. The third-order valence-corrected chi connectivity index (χ3v) is 2.58. The van der Waals surface area contributed by atoms with E-state index in [4.69, 9.17) is 4.74 Å². The minimum absolute atomic E-state index is 0.352. The smallest absolute Gasteiger partial charge is 0.384 e. The molecule has 0 aliphatic carbocycles. The van der Waals surface area contributed by atoms with Gasteiger partial charge in [0.2, 0.25) is 0 Å². The van der Waals surface area contributed by atoms with E-state index in [1.165, 1.54) is 0 Å². The molecular weight excluding hydrogens is 224 g/mol. The predicted molar refractivity (Wildman–Crippen MR) is 73.7 cm³/mol. The Morgan fingerprint density at radius 2 is 1.83 bits per heavy atom. The summed E-state index contributed by atoms with van der Waals surface area (Å²) in [6.45, 7) is 6.22. The van der Waals surface area contributed by atoms with E-state index in [0.717, 1.165) is 23.1 Å². The summed E-state index contributed by atoms with van der Waals surface area (Å²) in [6.07, 6.45) is 0.904. The van der Waals surface area contributed by atoms with E-state index >= 15 is 0 Å². The van der Waals surface area contributed by atoms with Gasteiger partial charge >= 0.3 is 5.97 Å². The third-order valence-electron chi connectivity index (χ3n) is 2.58. The van der Waals surface area contributed by atoms with Gasteiger partial charge in [0.1, 0.15) is 0 Å². The van der Waals surface area contributed by atoms with Crippen molar-refractivity contribution in [2.24, 2.45) is 0 Å². The standard InChI is InChI=1S/C16H18O2/c1-4-13(3)15(11-12-16(17)18-5-2)14-9-7-6-8-10-14/h6-10H,4-5H2,1-3H3/b15-13-. The van der Waals surface area contributed by atoms with Crippen molar-refractivity contribution in [2.75, 3.05) is 6.61 Å². The van der Waals surface area contributed by atoms with E-state index in [1.807, 2.05) is 37.3 Å². The molecule has 1 rings (SSSR count). The molecule has 0 N–H and O–H groups in total. The molecule has 2 nitrogen and oxygen atoms in total. The van der Waals surface area contributed by atoms with Gasteiger partial charge in [-0.25, -0.2) is 4.79 Å². The Balaban J connectivity index is 3.07. The van der Waals surface area contributed by atoms with Gasteiger partial charge in [0.05, 0.1) is 6.61 Å². The fourth-order valence-electron chi connectivity index (χ4n) is 1.49. The highest BCUT2D eigenvalue weighted by Gasteiger charge is 2.02. The van der Waals surface area contributed by atoms with Crippen molar-refractivity contribution in [2.45, 2.75) is 27.2 Å². The van der Waals surface area contributed by atoms with Crippen LogP contribution in [0.25, 0.3) is 5.57 Å². The van der Waals surface area contributed by atoms with E-state index in [2.05, 4.69) is 18.8 Å². The average Bonchev–Trinajstić information content (AvgIpc) is 2.40. The van der Waals surface area contributed by atoms with Gasteiger partial charge in [-0.15, -0.1) is 0 Å². The van der Waals surface area contributed by atoms with Crippen LogP contribution >= 0.6 is 0 Å². The Kier molecular flexibility index (Phi) is 5.73. The fourth-order valence-corrected chi connectivity index (χ4v) is 1.49. The summed E-state index contributed by atoms with van der Waals surface area (Å²) in [4.78, 5) is 11.3. The molecule has 0 fully saturated rings. The van der Waals surface area contributed by atoms with E-state index in [1.54, 1.807) is 6.92 Å². The molecule has 0 aromatic heterocycles. The normalized spacial score (nSPS) is 11.1. The third kappa shape index (κ3) is 4.10. The molecular formula is C16H18O2. The van der Waals surface area contributed by atoms with Crippen molar-refractivity contribution in [1.29, 1.82) is 0 Å². The summed E-state index contributed by atoms with van der Waals surface area (Å²) < 4.78 is 4.81. The van der Waals surface area contributed by atoms with Gasteiger partial charge in [-0.1, -0.05) is 48.7 Å². The lowest BCUT2D eigenvalue weighted by molar-refractivity contribution is -0.136. The van der Waals surface area contributed by atoms with Crippen LogP contribution in [-0.2, 0) is 9.53 Å². The van der Waals surface area contributed by atoms with Gasteiger partial charge in [-0.2, -0.15) is 0 Å². The maximum absolute atomic E-state index is 11.3. The number of esters is 1. The Morgan fingerprint density at radius 1 is 1.17 bits per heavy atom. The van der Waals surface area contributed by atoms with Crippen LogP contribution in [0.4, 0.5) is 0 Å². The quantitative estimate of drug-likeness (QED) is 0.461. The molecule has 0 saturated carbocycles. The summed E-state index contributed by atoms with van der Waals surface area (Å²) in [5.74, 6) is 4.98. The number of ether oxygens (including phenoxy) is 1. The van der Waals surface area contributed by atoms with Crippen LogP contribution in [0, 0.1) is 11.8 Å². The molecule has 1 aromatic rings. The maximum Gasteiger partial charge on any atom is 0.384 e. The molecule has 0 aliphatic heterocycles. The molecule has 2 heteroatoms. The summed E-state index contributed by atoms with van der Waals surface area (Å²) in [5.41, 5.74) is 3.11. The Labute approximate surface area is 109 Å².